The van der Waals surface area contributed by atoms with E-state index in [2.05, 4.69) is 19.2 Å². The van der Waals surface area contributed by atoms with Crippen LogP contribution in [0, 0.1) is 5.41 Å². The van der Waals surface area contributed by atoms with Gasteiger partial charge in [0.1, 0.15) is 0 Å². The number of rotatable bonds is 8. The van der Waals surface area contributed by atoms with Gasteiger partial charge in [0.15, 0.2) is 0 Å². The topological polar surface area (TPSA) is 69.6 Å². The zero-order valence-corrected chi connectivity index (χ0v) is 14.7. The molecule has 1 fully saturated rings. The van der Waals surface area contributed by atoms with E-state index in [1.54, 1.807) is 17.0 Å². The van der Waals surface area contributed by atoms with Gasteiger partial charge in [0.25, 0.3) is 5.91 Å². The molecule has 1 aliphatic heterocycles. The zero-order chi connectivity index (χ0) is 17.6. The lowest BCUT2D eigenvalue weighted by atomic mass is 9.79. The molecule has 2 N–H and O–H groups in total. The number of carbonyl (C=O) groups excluding carboxylic acids is 2. The van der Waals surface area contributed by atoms with Crippen LogP contribution in [0.3, 0.4) is 0 Å². The average molecular weight is 332 g/mol. The third kappa shape index (κ3) is 4.15. The Bertz CT molecular complexity index is 582. The number of nitrogens with zero attached hydrogens (tertiary/aromatic N) is 1. The van der Waals surface area contributed by atoms with Crippen LogP contribution in [0.5, 0.6) is 0 Å². The number of hydrogen-bond donors (Lipinski definition) is 2. The molecule has 0 aliphatic carbocycles. The Balaban J connectivity index is 2.06. The second kappa shape index (κ2) is 8.29. The molecule has 1 aliphatic rings. The Morgan fingerprint density at radius 3 is 2.67 bits per heavy atom. The molecule has 1 saturated heterocycles. The minimum Gasteiger partial charge on any atom is -0.396 e. The van der Waals surface area contributed by atoms with E-state index in [1.807, 2.05) is 12.1 Å². The number of aliphatic hydroxyl groups excluding tert-OH is 1. The van der Waals surface area contributed by atoms with Crippen molar-refractivity contribution < 1.29 is 14.7 Å². The highest BCUT2D eigenvalue weighted by molar-refractivity contribution is 5.99. The molecule has 0 spiro atoms. The van der Waals surface area contributed by atoms with E-state index in [0.717, 1.165) is 31.5 Å². The van der Waals surface area contributed by atoms with Crippen molar-refractivity contribution >= 4 is 17.5 Å². The van der Waals surface area contributed by atoms with Gasteiger partial charge in [-0.25, -0.2) is 0 Å². The van der Waals surface area contributed by atoms with E-state index in [0.29, 0.717) is 24.9 Å². The number of aliphatic hydroxyl groups is 1. The minimum absolute atomic E-state index is 0.0626. The molecular weight excluding hydrogens is 304 g/mol. The molecule has 5 nitrogen and oxygen atoms in total. The monoisotopic (exact) mass is 332 g/mol. The molecule has 0 atom stereocenters. The third-order valence-corrected chi connectivity index (χ3v) is 5.26. The summed E-state index contributed by atoms with van der Waals surface area (Å²) in [4.78, 5) is 26.1. The van der Waals surface area contributed by atoms with Crippen LogP contribution >= 0.6 is 0 Å². The lowest BCUT2D eigenvalue weighted by Gasteiger charge is -2.31. The maximum atomic E-state index is 12.5. The maximum Gasteiger partial charge on any atom is 0.251 e. The summed E-state index contributed by atoms with van der Waals surface area (Å²) in [7, 11) is 0. The van der Waals surface area contributed by atoms with Gasteiger partial charge in [-0.15, -0.1) is 0 Å². The highest BCUT2D eigenvalue weighted by Gasteiger charge is 2.27. The summed E-state index contributed by atoms with van der Waals surface area (Å²) in [5, 5.41) is 12.3. The Kier molecular flexibility index (Phi) is 6.37. The van der Waals surface area contributed by atoms with Crippen molar-refractivity contribution in [2.45, 2.75) is 46.0 Å². The largest absolute Gasteiger partial charge is 0.396 e. The molecule has 2 amide bonds. The quantitative estimate of drug-likeness (QED) is 0.769. The van der Waals surface area contributed by atoms with Crippen LogP contribution in [-0.2, 0) is 4.79 Å². The molecule has 0 aromatic heterocycles. The summed E-state index contributed by atoms with van der Waals surface area (Å²) >= 11 is 0. The fraction of sp³-hybridized carbons (Fsp3) is 0.579. The molecule has 1 aromatic rings. The first-order valence-electron chi connectivity index (χ1n) is 8.84. The van der Waals surface area contributed by atoms with Crippen LogP contribution in [0.15, 0.2) is 24.3 Å². The van der Waals surface area contributed by atoms with Crippen LogP contribution in [-0.4, -0.2) is 36.6 Å². The van der Waals surface area contributed by atoms with Crippen molar-refractivity contribution in [1.82, 2.24) is 5.32 Å². The second-order valence-electron chi connectivity index (χ2n) is 6.56. The summed E-state index contributed by atoms with van der Waals surface area (Å²) in [5.41, 5.74) is 1.29. The fourth-order valence-electron chi connectivity index (χ4n) is 3.29. The summed E-state index contributed by atoms with van der Waals surface area (Å²) < 4.78 is 0. The molecule has 2 rings (SSSR count). The second-order valence-corrected chi connectivity index (χ2v) is 6.56. The SMILES string of the molecule is CCC(CC)(CCO)CNC(=O)c1cccc(N2CCCC2=O)c1. The standard InChI is InChI=1S/C19H28N2O3/c1-3-19(4-2,10-12-22)14-20-18(24)15-7-5-8-16(13-15)21-11-6-9-17(21)23/h5,7-8,13,22H,3-4,6,9-12,14H2,1-2H3,(H,20,24). The highest BCUT2D eigenvalue weighted by atomic mass is 16.3. The molecular formula is C19H28N2O3. The Morgan fingerprint density at radius 2 is 2.08 bits per heavy atom. The Morgan fingerprint density at radius 1 is 1.33 bits per heavy atom. The van der Waals surface area contributed by atoms with Gasteiger partial charge in [0.05, 0.1) is 0 Å². The smallest absolute Gasteiger partial charge is 0.251 e. The van der Waals surface area contributed by atoms with E-state index in [9.17, 15) is 14.7 Å². The van der Waals surface area contributed by atoms with E-state index in [-0.39, 0.29) is 23.8 Å². The van der Waals surface area contributed by atoms with Crippen molar-refractivity contribution in [2.75, 3.05) is 24.6 Å². The summed E-state index contributed by atoms with van der Waals surface area (Å²) in [6.07, 6.45) is 3.95. The van der Waals surface area contributed by atoms with Crippen molar-refractivity contribution in [3.8, 4) is 0 Å². The van der Waals surface area contributed by atoms with Crippen LogP contribution in [0.2, 0.25) is 0 Å². The molecule has 0 bridgehead atoms. The molecule has 0 saturated carbocycles. The molecule has 0 radical (unpaired) electrons. The van der Waals surface area contributed by atoms with Gasteiger partial charge < -0.3 is 15.3 Å². The normalized spacial score (nSPS) is 15.0. The van der Waals surface area contributed by atoms with Crippen molar-refractivity contribution in [2.24, 2.45) is 5.41 Å². The number of benzene rings is 1. The van der Waals surface area contributed by atoms with Gasteiger partial charge in [-0.3, -0.25) is 9.59 Å². The van der Waals surface area contributed by atoms with Crippen LogP contribution in [0.1, 0.15) is 56.3 Å². The molecule has 5 heteroatoms. The molecule has 24 heavy (non-hydrogen) atoms. The highest BCUT2D eigenvalue weighted by Crippen LogP contribution is 2.29. The van der Waals surface area contributed by atoms with E-state index in [4.69, 9.17) is 0 Å². The first-order valence-corrected chi connectivity index (χ1v) is 8.84. The molecule has 0 unspecified atom stereocenters. The van der Waals surface area contributed by atoms with E-state index < -0.39 is 0 Å². The summed E-state index contributed by atoms with van der Waals surface area (Å²) in [5.74, 6) is -0.0146. The average Bonchev–Trinajstić information content (AvgIpc) is 3.04. The zero-order valence-electron chi connectivity index (χ0n) is 14.7. The summed E-state index contributed by atoms with van der Waals surface area (Å²) in [6, 6.07) is 7.24. The van der Waals surface area contributed by atoms with Crippen molar-refractivity contribution in [3.05, 3.63) is 29.8 Å². The fourth-order valence-corrected chi connectivity index (χ4v) is 3.29. The predicted molar refractivity (Wildman–Crippen MR) is 95.1 cm³/mol. The Hall–Kier alpha value is -1.88. The number of hydrogen-bond acceptors (Lipinski definition) is 3. The first kappa shape index (κ1) is 18.5. The van der Waals surface area contributed by atoms with Crippen molar-refractivity contribution in [3.63, 3.8) is 0 Å². The first-order chi connectivity index (χ1) is 11.5. The molecule has 132 valence electrons. The van der Waals surface area contributed by atoms with E-state index >= 15 is 0 Å². The molecule has 1 aromatic carbocycles. The Labute approximate surface area is 144 Å². The van der Waals surface area contributed by atoms with Gasteiger partial charge in [0.2, 0.25) is 5.91 Å². The number of amides is 2. The number of anilines is 1. The van der Waals surface area contributed by atoms with Crippen LogP contribution < -0.4 is 10.2 Å². The molecule has 1 heterocycles. The van der Waals surface area contributed by atoms with Gasteiger partial charge in [0, 0.05) is 37.4 Å². The van der Waals surface area contributed by atoms with Crippen molar-refractivity contribution in [1.29, 1.82) is 0 Å². The van der Waals surface area contributed by atoms with E-state index in [1.165, 1.54) is 0 Å². The number of carbonyl (C=O) groups is 2. The summed E-state index contributed by atoms with van der Waals surface area (Å²) in [6.45, 7) is 5.57. The predicted octanol–water partition coefficient (Wildman–Crippen LogP) is 2.73. The van der Waals surface area contributed by atoms with Crippen LogP contribution in [0.4, 0.5) is 5.69 Å². The maximum absolute atomic E-state index is 12.5. The van der Waals surface area contributed by atoms with Gasteiger partial charge >= 0.3 is 0 Å². The number of nitrogens with one attached hydrogen (secondary N) is 1. The lowest BCUT2D eigenvalue weighted by molar-refractivity contribution is -0.117. The third-order valence-electron chi connectivity index (χ3n) is 5.26. The minimum atomic E-state index is -0.132. The van der Waals surface area contributed by atoms with Gasteiger partial charge in [-0.2, -0.15) is 0 Å². The van der Waals surface area contributed by atoms with Gasteiger partial charge in [-0.05, 0) is 49.3 Å². The van der Waals surface area contributed by atoms with Gasteiger partial charge in [-0.1, -0.05) is 19.9 Å². The van der Waals surface area contributed by atoms with Crippen LogP contribution in [0.25, 0.3) is 0 Å². The lowest BCUT2D eigenvalue weighted by Crippen LogP contribution is -2.37.